The van der Waals surface area contributed by atoms with E-state index in [0.717, 1.165) is 25.5 Å². The summed E-state index contributed by atoms with van der Waals surface area (Å²) >= 11 is 0. The fourth-order valence-electron chi connectivity index (χ4n) is 1.66. The van der Waals surface area contributed by atoms with Crippen LogP contribution in [0, 0.1) is 5.92 Å². The minimum absolute atomic E-state index is 0.0270. The number of carboxylic acids is 1. The summed E-state index contributed by atoms with van der Waals surface area (Å²) in [5.41, 5.74) is -0.0270. The molecule has 0 aliphatic carbocycles. The highest BCUT2D eigenvalue weighted by Gasteiger charge is 2.12. The van der Waals surface area contributed by atoms with E-state index in [2.05, 4.69) is 33.6 Å². The molecule has 0 radical (unpaired) electrons. The number of nitrogens with zero attached hydrogens (tertiary/aromatic N) is 4. The van der Waals surface area contributed by atoms with Crippen LogP contribution in [0.2, 0.25) is 0 Å². The molecule has 0 atom stereocenters. The lowest BCUT2D eigenvalue weighted by Crippen LogP contribution is -2.35. The number of carboxylic acid groups (broad SMARTS) is 1. The summed E-state index contributed by atoms with van der Waals surface area (Å²) in [5.74, 6) is 0.173. The number of carbonyl (C=O) groups is 1. The Balaban J connectivity index is 2.80. The number of aromatic nitrogens is 2. The van der Waals surface area contributed by atoms with E-state index in [4.69, 9.17) is 5.11 Å². The van der Waals surface area contributed by atoms with Gasteiger partial charge in [-0.25, -0.2) is 14.8 Å². The second-order valence-electron chi connectivity index (χ2n) is 5.21. The van der Waals surface area contributed by atoms with Crippen molar-refractivity contribution in [3.05, 3.63) is 18.1 Å². The maximum atomic E-state index is 10.8. The van der Waals surface area contributed by atoms with E-state index in [1.165, 1.54) is 12.4 Å². The molecule has 0 unspecified atom stereocenters. The Morgan fingerprint density at radius 1 is 1.26 bits per heavy atom. The summed E-state index contributed by atoms with van der Waals surface area (Å²) in [5, 5.41) is 8.81. The standard InChI is InChI=1S/C13H22N4O2/c1-10(2)9-17(6-5-16(3)4)12-8-14-11(7-15-12)13(18)19/h7-8,10H,5-6,9H2,1-4H3,(H,18,19). The van der Waals surface area contributed by atoms with Gasteiger partial charge in [-0.1, -0.05) is 13.8 Å². The Labute approximate surface area is 114 Å². The van der Waals surface area contributed by atoms with Crippen LogP contribution in [0.1, 0.15) is 24.3 Å². The van der Waals surface area contributed by atoms with E-state index in [1.807, 2.05) is 14.1 Å². The van der Waals surface area contributed by atoms with E-state index in [9.17, 15) is 4.79 Å². The Hall–Kier alpha value is -1.69. The number of hydrogen-bond donors (Lipinski definition) is 1. The fourth-order valence-corrected chi connectivity index (χ4v) is 1.66. The molecule has 0 fully saturated rings. The first kappa shape index (κ1) is 15.4. The van der Waals surface area contributed by atoms with Gasteiger partial charge in [0.25, 0.3) is 0 Å². The summed E-state index contributed by atoms with van der Waals surface area (Å²) < 4.78 is 0. The third kappa shape index (κ3) is 5.21. The van der Waals surface area contributed by atoms with E-state index in [-0.39, 0.29) is 5.69 Å². The molecular weight excluding hydrogens is 244 g/mol. The molecule has 0 bridgehead atoms. The number of likely N-dealkylation sites (N-methyl/N-ethyl adjacent to an activating group) is 1. The summed E-state index contributed by atoms with van der Waals surface area (Å²) in [6.45, 7) is 6.90. The highest BCUT2D eigenvalue weighted by atomic mass is 16.4. The van der Waals surface area contributed by atoms with Crippen molar-refractivity contribution in [3.63, 3.8) is 0 Å². The average Bonchev–Trinajstić information content (AvgIpc) is 2.34. The highest BCUT2D eigenvalue weighted by molar-refractivity contribution is 5.84. The Bertz CT molecular complexity index is 404. The Morgan fingerprint density at radius 2 is 1.95 bits per heavy atom. The van der Waals surface area contributed by atoms with E-state index < -0.39 is 5.97 Å². The molecule has 6 nitrogen and oxygen atoms in total. The van der Waals surface area contributed by atoms with Crippen molar-refractivity contribution in [1.82, 2.24) is 14.9 Å². The fraction of sp³-hybridized carbons (Fsp3) is 0.615. The zero-order valence-corrected chi connectivity index (χ0v) is 12.0. The number of hydrogen-bond acceptors (Lipinski definition) is 5. The second kappa shape index (κ2) is 7.04. The van der Waals surface area contributed by atoms with Crippen LogP contribution in [-0.4, -0.2) is 59.7 Å². The molecule has 1 N–H and O–H groups in total. The largest absolute Gasteiger partial charge is 0.476 e. The van der Waals surface area contributed by atoms with E-state index >= 15 is 0 Å². The van der Waals surface area contributed by atoms with E-state index in [0.29, 0.717) is 5.92 Å². The zero-order valence-electron chi connectivity index (χ0n) is 12.0. The van der Waals surface area contributed by atoms with Crippen molar-refractivity contribution in [2.75, 3.05) is 38.6 Å². The quantitative estimate of drug-likeness (QED) is 0.799. The first-order chi connectivity index (χ1) is 8.90. The molecule has 0 aliphatic heterocycles. The molecule has 1 rings (SSSR count). The van der Waals surface area contributed by atoms with Gasteiger partial charge in [-0.3, -0.25) is 0 Å². The lowest BCUT2D eigenvalue weighted by molar-refractivity contribution is 0.0690. The van der Waals surface area contributed by atoms with Crippen molar-refractivity contribution in [3.8, 4) is 0 Å². The van der Waals surface area contributed by atoms with Crippen LogP contribution in [0.25, 0.3) is 0 Å². The maximum Gasteiger partial charge on any atom is 0.356 e. The number of anilines is 1. The maximum absolute atomic E-state index is 10.8. The lowest BCUT2D eigenvalue weighted by atomic mass is 10.2. The molecule has 0 amide bonds. The summed E-state index contributed by atoms with van der Waals surface area (Å²) in [4.78, 5) is 23.1. The van der Waals surface area contributed by atoms with Crippen LogP contribution >= 0.6 is 0 Å². The third-order valence-electron chi connectivity index (χ3n) is 2.58. The topological polar surface area (TPSA) is 69.6 Å². The van der Waals surface area contributed by atoms with E-state index in [1.54, 1.807) is 0 Å². The van der Waals surface area contributed by atoms with Gasteiger partial charge in [0, 0.05) is 19.6 Å². The molecule has 19 heavy (non-hydrogen) atoms. The summed E-state index contributed by atoms with van der Waals surface area (Å²) in [6, 6.07) is 0. The molecule has 0 saturated carbocycles. The SMILES string of the molecule is CC(C)CN(CCN(C)C)c1cnc(C(=O)O)cn1. The van der Waals surface area contributed by atoms with Gasteiger partial charge in [-0.15, -0.1) is 0 Å². The van der Waals surface area contributed by atoms with Crippen molar-refractivity contribution in [2.45, 2.75) is 13.8 Å². The molecule has 1 aromatic rings. The molecule has 6 heteroatoms. The summed E-state index contributed by atoms with van der Waals surface area (Å²) in [6.07, 6.45) is 2.84. The second-order valence-corrected chi connectivity index (χ2v) is 5.21. The third-order valence-corrected chi connectivity index (χ3v) is 2.58. The molecular formula is C13H22N4O2. The molecule has 106 valence electrons. The summed E-state index contributed by atoms with van der Waals surface area (Å²) in [7, 11) is 4.04. The smallest absolute Gasteiger partial charge is 0.356 e. The Morgan fingerprint density at radius 3 is 2.37 bits per heavy atom. The van der Waals surface area contributed by atoms with Gasteiger partial charge in [0.1, 0.15) is 5.82 Å². The zero-order chi connectivity index (χ0) is 14.4. The predicted octanol–water partition coefficient (Wildman–Crippen LogP) is 1.20. The minimum atomic E-state index is -1.05. The first-order valence-corrected chi connectivity index (χ1v) is 6.35. The minimum Gasteiger partial charge on any atom is -0.476 e. The molecule has 1 heterocycles. The van der Waals surface area contributed by atoms with Crippen LogP contribution in [-0.2, 0) is 0 Å². The average molecular weight is 266 g/mol. The van der Waals surface area contributed by atoms with Crippen LogP contribution in [0.15, 0.2) is 12.4 Å². The van der Waals surface area contributed by atoms with Crippen LogP contribution in [0.4, 0.5) is 5.82 Å². The Kier molecular flexibility index (Phi) is 5.69. The van der Waals surface area contributed by atoms with Crippen LogP contribution in [0.3, 0.4) is 0 Å². The first-order valence-electron chi connectivity index (χ1n) is 6.35. The predicted molar refractivity (Wildman–Crippen MR) is 74.6 cm³/mol. The molecule has 0 saturated heterocycles. The molecule has 0 aromatic carbocycles. The van der Waals surface area contributed by atoms with Crippen molar-refractivity contribution in [2.24, 2.45) is 5.92 Å². The van der Waals surface area contributed by atoms with Crippen molar-refractivity contribution >= 4 is 11.8 Å². The van der Waals surface area contributed by atoms with Gasteiger partial charge in [0.2, 0.25) is 0 Å². The number of aromatic carboxylic acids is 1. The van der Waals surface area contributed by atoms with Crippen LogP contribution < -0.4 is 4.90 Å². The highest BCUT2D eigenvalue weighted by Crippen LogP contribution is 2.11. The van der Waals surface area contributed by atoms with Gasteiger partial charge in [0.15, 0.2) is 5.69 Å². The normalized spacial score (nSPS) is 11.1. The van der Waals surface area contributed by atoms with Crippen molar-refractivity contribution < 1.29 is 9.90 Å². The molecule has 0 aliphatic rings. The van der Waals surface area contributed by atoms with Crippen molar-refractivity contribution in [1.29, 1.82) is 0 Å². The van der Waals surface area contributed by atoms with Gasteiger partial charge in [-0.2, -0.15) is 0 Å². The monoisotopic (exact) mass is 266 g/mol. The van der Waals surface area contributed by atoms with Gasteiger partial charge >= 0.3 is 5.97 Å². The van der Waals surface area contributed by atoms with Gasteiger partial charge in [0.05, 0.1) is 12.4 Å². The number of rotatable bonds is 7. The molecule has 0 spiro atoms. The lowest BCUT2D eigenvalue weighted by Gasteiger charge is -2.26. The van der Waals surface area contributed by atoms with Gasteiger partial charge in [-0.05, 0) is 20.0 Å². The molecule has 1 aromatic heterocycles. The van der Waals surface area contributed by atoms with Gasteiger partial charge < -0.3 is 14.9 Å². The van der Waals surface area contributed by atoms with Crippen LogP contribution in [0.5, 0.6) is 0 Å².